The van der Waals surface area contributed by atoms with Crippen LogP contribution in [0, 0.1) is 5.41 Å². The van der Waals surface area contributed by atoms with E-state index in [9.17, 15) is 9.59 Å². The van der Waals surface area contributed by atoms with Crippen molar-refractivity contribution in [2.24, 2.45) is 5.41 Å². The number of unbranched alkanes of at least 4 members (excludes halogenated alkanes) is 3. The summed E-state index contributed by atoms with van der Waals surface area (Å²) in [5.74, 6) is 1.05. The molecule has 218 valence electrons. The second-order valence-electron chi connectivity index (χ2n) is 10.4. The molecule has 0 heterocycles. The first-order chi connectivity index (χ1) is 19.9. The van der Waals surface area contributed by atoms with Gasteiger partial charge >= 0.3 is 11.9 Å². The van der Waals surface area contributed by atoms with Crippen molar-refractivity contribution in [2.75, 3.05) is 26.4 Å². The lowest BCUT2D eigenvalue weighted by atomic mass is 9.91. The lowest BCUT2D eigenvalue weighted by Gasteiger charge is -2.20. The van der Waals surface area contributed by atoms with Gasteiger partial charge in [0.05, 0.1) is 18.6 Å². The SMILES string of the molecule is CCC(C)(C)C(=O)OCCCCCCOc1ccc(-c2ccc(OCCOC(=O)/C=C/c3ccccc3)cc2)cc1. The minimum Gasteiger partial charge on any atom is -0.494 e. The zero-order chi connectivity index (χ0) is 29.3. The van der Waals surface area contributed by atoms with E-state index in [4.69, 9.17) is 18.9 Å². The minimum absolute atomic E-state index is 0.112. The number of ether oxygens (including phenoxy) is 4. The van der Waals surface area contributed by atoms with E-state index in [0.717, 1.165) is 54.5 Å². The molecule has 0 aromatic heterocycles. The number of hydrogen-bond acceptors (Lipinski definition) is 6. The molecule has 3 aromatic rings. The average molecular weight is 559 g/mol. The Morgan fingerprint density at radius 1 is 0.659 bits per heavy atom. The molecular weight excluding hydrogens is 516 g/mol. The summed E-state index contributed by atoms with van der Waals surface area (Å²) in [6.07, 6.45) is 7.81. The van der Waals surface area contributed by atoms with E-state index in [-0.39, 0.29) is 19.2 Å². The van der Waals surface area contributed by atoms with Crippen LogP contribution < -0.4 is 9.47 Å². The smallest absolute Gasteiger partial charge is 0.330 e. The predicted octanol–water partition coefficient (Wildman–Crippen LogP) is 7.91. The molecule has 0 saturated carbocycles. The third kappa shape index (κ3) is 11.5. The van der Waals surface area contributed by atoms with Gasteiger partial charge in [0.2, 0.25) is 0 Å². The largest absolute Gasteiger partial charge is 0.494 e. The summed E-state index contributed by atoms with van der Waals surface area (Å²) in [6.45, 7) is 7.44. The number of benzene rings is 3. The Morgan fingerprint density at radius 2 is 1.22 bits per heavy atom. The van der Waals surface area contributed by atoms with Crippen molar-refractivity contribution in [3.8, 4) is 22.6 Å². The van der Waals surface area contributed by atoms with Gasteiger partial charge in [-0.05, 0) is 93.0 Å². The standard InChI is InChI=1S/C35H42O6/c1-4-35(2,3)34(37)41-25-11-6-5-10-24-38-31-19-15-29(16-20-31)30-17-21-32(22-18-30)39-26-27-40-33(36)23-14-28-12-8-7-9-13-28/h7-9,12-23H,4-6,10-11,24-27H2,1-3H3/b23-14+. The van der Waals surface area contributed by atoms with Crippen LogP contribution in [0.15, 0.2) is 84.9 Å². The molecular formula is C35H42O6. The van der Waals surface area contributed by atoms with E-state index in [1.807, 2.05) is 99.6 Å². The van der Waals surface area contributed by atoms with Gasteiger partial charge in [-0.25, -0.2) is 4.79 Å². The first-order valence-electron chi connectivity index (χ1n) is 14.4. The third-order valence-electron chi connectivity index (χ3n) is 6.83. The van der Waals surface area contributed by atoms with Crippen LogP contribution in [0.3, 0.4) is 0 Å². The molecule has 0 aliphatic heterocycles. The van der Waals surface area contributed by atoms with Crippen LogP contribution in [-0.4, -0.2) is 38.4 Å². The number of hydrogen-bond donors (Lipinski definition) is 0. The summed E-state index contributed by atoms with van der Waals surface area (Å²) in [4.78, 5) is 23.8. The molecule has 6 heteroatoms. The van der Waals surface area contributed by atoms with Crippen LogP contribution in [0.1, 0.15) is 58.4 Å². The molecule has 41 heavy (non-hydrogen) atoms. The fourth-order valence-corrected chi connectivity index (χ4v) is 3.82. The van der Waals surface area contributed by atoms with Gasteiger partial charge in [0.1, 0.15) is 24.7 Å². The molecule has 0 aliphatic carbocycles. The van der Waals surface area contributed by atoms with Crippen LogP contribution in [0.5, 0.6) is 11.5 Å². The van der Waals surface area contributed by atoms with E-state index in [1.54, 1.807) is 6.08 Å². The summed E-state index contributed by atoms with van der Waals surface area (Å²) in [5, 5.41) is 0. The zero-order valence-electron chi connectivity index (χ0n) is 24.5. The Labute approximate surface area is 244 Å². The Kier molecular flexibility index (Phi) is 13.0. The summed E-state index contributed by atoms with van der Waals surface area (Å²) < 4.78 is 22.2. The maximum absolute atomic E-state index is 12.0. The topological polar surface area (TPSA) is 71.1 Å². The van der Waals surface area contributed by atoms with Gasteiger partial charge in [-0.15, -0.1) is 0 Å². The van der Waals surface area contributed by atoms with Gasteiger partial charge in [0, 0.05) is 6.08 Å². The summed E-state index contributed by atoms with van der Waals surface area (Å²) in [5.41, 5.74) is 2.70. The molecule has 0 amide bonds. The van der Waals surface area contributed by atoms with Crippen molar-refractivity contribution in [2.45, 2.75) is 52.9 Å². The quantitative estimate of drug-likeness (QED) is 0.0952. The second-order valence-corrected chi connectivity index (χ2v) is 10.4. The Morgan fingerprint density at radius 3 is 1.80 bits per heavy atom. The number of esters is 2. The lowest BCUT2D eigenvalue weighted by Crippen LogP contribution is -2.26. The third-order valence-corrected chi connectivity index (χ3v) is 6.83. The number of carbonyl (C=O) groups is 2. The molecule has 6 nitrogen and oxygen atoms in total. The van der Waals surface area contributed by atoms with E-state index < -0.39 is 11.4 Å². The highest BCUT2D eigenvalue weighted by Crippen LogP contribution is 2.25. The molecule has 3 aromatic carbocycles. The van der Waals surface area contributed by atoms with Crippen molar-refractivity contribution < 1.29 is 28.5 Å². The van der Waals surface area contributed by atoms with Crippen molar-refractivity contribution in [1.29, 1.82) is 0 Å². The van der Waals surface area contributed by atoms with E-state index in [0.29, 0.717) is 19.0 Å². The molecule has 0 radical (unpaired) electrons. The van der Waals surface area contributed by atoms with Crippen molar-refractivity contribution in [3.05, 3.63) is 90.5 Å². The Balaban J connectivity index is 1.28. The van der Waals surface area contributed by atoms with Crippen LogP contribution in [-0.2, 0) is 19.1 Å². The Hall–Kier alpha value is -4.06. The molecule has 0 saturated heterocycles. The lowest BCUT2D eigenvalue weighted by molar-refractivity contribution is -0.154. The van der Waals surface area contributed by atoms with Crippen molar-refractivity contribution >= 4 is 18.0 Å². The molecule has 0 unspecified atom stereocenters. The summed E-state index contributed by atoms with van der Waals surface area (Å²) >= 11 is 0. The predicted molar refractivity (Wildman–Crippen MR) is 163 cm³/mol. The van der Waals surface area contributed by atoms with Crippen molar-refractivity contribution in [1.82, 2.24) is 0 Å². The van der Waals surface area contributed by atoms with Crippen LogP contribution >= 0.6 is 0 Å². The zero-order valence-corrected chi connectivity index (χ0v) is 24.5. The fraction of sp³-hybridized carbons (Fsp3) is 0.371. The van der Waals surface area contributed by atoms with Crippen LogP contribution in [0.4, 0.5) is 0 Å². The minimum atomic E-state index is -0.401. The molecule has 0 spiro atoms. The average Bonchev–Trinajstić information content (AvgIpc) is 3.00. The van der Waals surface area contributed by atoms with Gasteiger partial charge in [0.15, 0.2) is 0 Å². The Bertz CT molecular complexity index is 1210. The molecule has 0 fully saturated rings. The molecule has 0 aliphatic rings. The van der Waals surface area contributed by atoms with Gasteiger partial charge in [0.25, 0.3) is 0 Å². The first-order valence-corrected chi connectivity index (χ1v) is 14.4. The van der Waals surface area contributed by atoms with Gasteiger partial charge in [-0.1, -0.05) is 61.5 Å². The molecule has 0 N–H and O–H groups in total. The van der Waals surface area contributed by atoms with Gasteiger partial charge in [-0.3, -0.25) is 4.79 Å². The van der Waals surface area contributed by atoms with E-state index >= 15 is 0 Å². The highest BCUT2D eigenvalue weighted by atomic mass is 16.6. The normalized spacial score (nSPS) is 11.3. The first kappa shape index (κ1) is 31.5. The fourth-order valence-electron chi connectivity index (χ4n) is 3.82. The van der Waals surface area contributed by atoms with Crippen LogP contribution in [0.25, 0.3) is 17.2 Å². The molecule has 0 bridgehead atoms. The maximum Gasteiger partial charge on any atom is 0.330 e. The van der Waals surface area contributed by atoms with E-state index in [1.165, 1.54) is 6.08 Å². The van der Waals surface area contributed by atoms with E-state index in [2.05, 4.69) is 0 Å². The summed E-state index contributed by atoms with van der Waals surface area (Å²) in [7, 11) is 0. The highest BCUT2D eigenvalue weighted by Gasteiger charge is 2.26. The molecule has 3 rings (SSSR count). The van der Waals surface area contributed by atoms with Gasteiger partial charge < -0.3 is 18.9 Å². The number of rotatable bonds is 17. The maximum atomic E-state index is 12.0. The number of carbonyl (C=O) groups excluding carboxylic acids is 2. The molecule has 0 atom stereocenters. The van der Waals surface area contributed by atoms with Crippen LogP contribution in [0.2, 0.25) is 0 Å². The van der Waals surface area contributed by atoms with Gasteiger partial charge in [-0.2, -0.15) is 0 Å². The highest BCUT2D eigenvalue weighted by molar-refractivity contribution is 5.87. The monoisotopic (exact) mass is 558 g/mol. The van der Waals surface area contributed by atoms with Crippen molar-refractivity contribution in [3.63, 3.8) is 0 Å². The summed E-state index contributed by atoms with van der Waals surface area (Å²) in [6, 6.07) is 25.5. The second kappa shape index (κ2) is 16.9.